The Hall–Kier alpha value is -2.76. The van der Waals surface area contributed by atoms with Crippen LogP contribution in [-0.2, 0) is 13.0 Å². The lowest BCUT2D eigenvalue weighted by Crippen LogP contribution is -2.36. The van der Waals surface area contributed by atoms with Crippen molar-refractivity contribution >= 4 is 5.82 Å². The molecule has 0 aliphatic carbocycles. The Kier molecular flexibility index (Phi) is 5.14. The van der Waals surface area contributed by atoms with Crippen molar-refractivity contribution in [2.45, 2.75) is 45.6 Å². The summed E-state index contributed by atoms with van der Waals surface area (Å²) >= 11 is 0. The van der Waals surface area contributed by atoms with Crippen molar-refractivity contribution in [3.63, 3.8) is 0 Å². The van der Waals surface area contributed by atoms with Gasteiger partial charge in [-0.25, -0.2) is 15.0 Å². The average molecular weight is 362 g/mol. The molecule has 0 unspecified atom stereocenters. The minimum absolute atomic E-state index is 0.401. The van der Waals surface area contributed by atoms with Gasteiger partial charge in [-0.2, -0.15) is 0 Å². The standard InChI is InChI=1S/C21H26N6/c1-3-18-13-20(25-16(2)24-18)26-11-6-7-17(14-26)21-23-10-12-27(21)15-19-8-4-5-9-22-19/h4-5,8-10,12-13,17H,3,6-7,11,14-15H2,1-2H3/t17-/m0/s1. The fourth-order valence-corrected chi connectivity index (χ4v) is 3.83. The minimum atomic E-state index is 0.401. The van der Waals surface area contributed by atoms with E-state index in [-0.39, 0.29) is 0 Å². The van der Waals surface area contributed by atoms with Crippen LogP contribution in [0.4, 0.5) is 5.82 Å². The summed E-state index contributed by atoms with van der Waals surface area (Å²) in [6.45, 7) is 6.86. The third-order valence-electron chi connectivity index (χ3n) is 5.16. The molecule has 1 saturated heterocycles. The van der Waals surface area contributed by atoms with Gasteiger partial charge in [0.2, 0.25) is 0 Å². The number of rotatable bonds is 5. The fraction of sp³-hybridized carbons (Fsp3) is 0.429. The number of hydrogen-bond acceptors (Lipinski definition) is 5. The number of piperidine rings is 1. The van der Waals surface area contributed by atoms with Crippen molar-refractivity contribution in [1.82, 2.24) is 24.5 Å². The van der Waals surface area contributed by atoms with Gasteiger partial charge in [0.05, 0.1) is 12.2 Å². The van der Waals surface area contributed by atoms with Gasteiger partial charge in [0, 0.05) is 49.4 Å². The Morgan fingerprint density at radius 2 is 2.04 bits per heavy atom. The van der Waals surface area contributed by atoms with Crippen LogP contribution >= 0.6 is 0 Å². The molecule has 6 heteroatoms. The van der Waals surface area contributed by atoms with Crippen molar-refractivity contribution < 1.29 is 0 Å². The van der Waals surface area contributed by atoms with E-state index in [0.29, 0.717) is 5.92 Å². The van der Waals surface area contributed by atoms with Gasteiger partial charge in [-0.05, 0) is 38.3 Å². The van der Waals surface area contributed by atoms with Gasteiger partial charge in [0.15, 0.2) is 0 Å². The molecule has 0 amide bonds. The smallest absolute Gasteiger partial charge is 0.132 e. The number of aromatic nitrogens is 5. The molecule has 0 saturated carbocycles. The fourth-order valence-electron chi connectivity index (χ4n) is 3.83. The zero-order valence-electron chi connectivity index (χ0n) is 16.0. The van der Waals surface area contributed by atoms with Gasteiger partial charge >= 0.3 is 0 Å². The van der Waals surface area contributed by atoms with Gasteiger partial charge in [-0.15, -0.1) is 0 Å². The predicted octanol–water partition coefficient (Wildman–Crippen LogP) is 3.37. The lowest BCUT2D eigenvalue weighted by atomic mass is 9.97. The Bertz CT molecular complexity index is 889. The first kappa shape index (κ1) is 17.6. The van der Waals surface area contributed by atoms with Gasteiger partial charge in [-0.1, -0.05) is 13.0 Å². The molecule has 0 N–H and O–H groups in total. The van der Waals surface area contributed by atoms with Crippen LogP contribution in [0.25, 0.3) is 0 Å². The first-order chi connectivity index (χ1) is 13.2. The van der Waals surface area contributed by atoms with Crippen LogP contribution in [-0.4, -0.2) is 37.6 Å². The summed E-state index contributed by atoms with van der Waals surface area (Å²) in [5.41, 5.74) is 2.17. The Balaban J connectivity index is 1.54. The average Bonchev–Trinajstić information content (AvgIpc) is 3.16. The second-order valence-electron chi connectivity index (χ2n) is 7.14. The van der Waals surface area contributed by atoms with Crippen LogP contribution in [0.5, 0.6) is 0 Å². The van der Waals surface area contributed by atoms with Crippen LogP contribution in [0, 0.1) is 6.92 Å². The molecule has 6 nitrogen and oxygen atoms in total. The van der Waals surface area contributed by atoms with E-state index in [9.17, 15) is 0 Å². The lowest BCUT2D eigenvalue weighted by molar-refractivity contribution is 0.473. The summed E-state index contributed by atoms with van der Waals surface area (Å²) in [6, 6.07) is 8.18. The van der Waals surface area contributed by atoms with E-state index in [1.54, 1.807) is 0 Å². The van der Waals surface area contributed by atoms with Crippen LogP contribution in [0.15, 0.2) is 42.9 Å². The SMILES string of the molecule is CCc1cc(N2CCC[C@H](c3nccn3Cc3ccccn3)C2)nc(C)n1. The van der Waals surface area contributed by atoms with Crippen molar-refractivity contribution in [2.24, 2.45) is 0 Å². The number of nitrogens with zero attached hydrogens (tertiary/aromatic N) is 6. The highest BCUT2D eigenvalue weighted by Gasteiger charge is 2.26. The van der Waals surface area contributed by atoms with Crippen LogP contribution in [0.3, 0.4) is 0 Å². The molecule has 1 aliphatic heterocycles. The summed E-state index contributed by atoms with van der Waals surface area (Å²) in [7, 11) is 0. The van der Waals surface area contributed by atoms with E-state index in [4.69, 9.17) is 4.98 Å². The second-order valence-corrected chi connectivity index (χ2v) is 7.14. The van der Waals surface area contributed by atoms with Crippen molar-refractivity contribution in [1.29, 1.82) is 0 Å². The lowest BCUT2D eigenvalue weighted by Gasteiger charge is -2.33. The predicted molar refractivity (Wildman–Crippen MR) is 106 cm³/mol. The summed E-state index contributed by atoms with van der Waals surface area (Å²) < 4.78 is 2.24. The molecule has 1 atom stereocenters. The summed E-state index contributed by atoms with van der Waals surface area (Å²) in [4.78, 5) is 20.7. The van der Waals surface area contributed by atoms with Crippen LogP contribution < -0.4 is 4.90 Å². The van der Waals surface area contributed by atoms with Gasteiger partial charge < -0.3 is 9.47 Å². The molecule has 4 heterocycles. The maximum Gasteiger partial charge on any atom is 0.132 e. The normalized spacial score (nSPS) is 17.3. The molecule has 0 aromatic carbocycles. The van der Waals surface area contributed by atoms with E-state index in [1.807, 2.05) is 31.5 Å². The largest absolute Gasteiger partial charge is 0.356 e. The van der Waals surface area contributed by atoms with E-state index in [1.165, 1.54) is 0 Å². The third-order valence-corrected chi connectivity index (χ3v) is 5.16. The summed E-state index contributed by atoms with van der Waals surface area (Å²) in [6.07, 6.45) is 9.04. The molecule has 140 valence electrons. The molecule has 1 aliphatic rings. The van der Waals surface area contributed by atoms with Gasteiger partial charge in [0.1, 0.15) is 17.5 Å². The van der Waals surface area contributed by atoms with Crippen LogP contribution in [0.1, 0.15) is 48.7 Å². The summed E-state index contributed by atoms with van der Waals surface area (Å²) in [5.74, 6) is 3.44. The first-order valence-electron chi connectivity index (χ1n) is 9.73. The van der Waals surface area contributed by atoms with E-state index < -0.39 is 0 Å². The molecule has 0 radical (unpaired) electrons. The highest BCUT2D eigenvalue weighted by Crippen LogP contribution is 2.29. The number of aryl methyl sites for hydroxylation is 2. The monoisotopic (exact) mass is 362 g/mol. The Morgan fingerprint density at radius 3 is 2.85 bits per heavy atom. The number of hydrogen-bond donors (Lipinski definition) is 0. The van der Waals surface area contributed by atoms with E-state index >= 15 is 0 Å². The topological polar surface area (TPSA) is 59.7 Å². The minimum Gasteiger partial charge on any atom is -0.356 e. The molecular weight excluding hydrogens is 336 g/mol. The zero-order valence-corrected chi connectivity index (χ0v) is 16.0. The number of anilines is 1. The van der Waals surface area contributed by atoms with Gasteiger partial charge in [-0.3, -0.25) is 4.98 Å². The number of imidazole rings is 1. The molecule has 27 heavy (non-hydrogen) atoms. The van der Waals surface area contributed by atoms with E-state index in [0.717, 1.165) is 67.8 Å². The van der Waals surface area contributed by atoms with Gasteiger partial charge in [0.25, 0.3) is 0 Å². The van der Waals surface area contributed by atoms with Crippen LogP contribution in [0.2, 0.25) is 0 Å². The zero-order chi connectivity index (χ0) is 18.6. The van der Waals surface area contributed by atoms with Crippen molar-refractivity contribution in [2.75, 3.05) is 18.0 Å². The number of pyridine rings is 1. The molecular formula is C21H26N6. The maximum atomic E-state index is 4.69. The second kappa shape index (κ2) is 7.86. The quantitative estimate of drug-likeness (QED) is 0.696. The molecule has 4 rings (SSSR count). The molecule has 3 aromatic rings. The summed E-state index contributed by atoms with van der Waals surface area (Å²) in [5, 5.41) is 0. The molecule has 3 aromatic heterocycles. The van der Waals surface area contributed by atoms with E-state index in [2.05, 4.69) is 49.7 Å². The van der Waals surface area contributed by atoms with Crippen molar-refractivity contribution in [3.8, 4) is 0 Å². The molecule has 0 bridgehead atoms. The molecule has 0 spiro atoms. The highest BCUT2D eigenvalue weighted by molar-refractivity contribution is 5.41. The first-order valence-corrected chi connectivity index (χ1v) is 9.73. The Labute approximate surface area is 160 Å². The third kappa shape index (κ3) is 3.99. The highest BCUT2D eigenvalue weighted by atomic mass is 15.2. The van der Waals surface area contributed by atoms with Crippen molar-refractivity contribution in [3.05, 3.63) is 65.9 Å². The molecule has 1 fully saturated rings. The maximum absolute atomic E-state index is 4.69. The Morgan fingerprint density at radius 1 is 1.11 bits per heavy atom.